The molecule has 2 aromatic carbocycles. The molecule has 0 aliphatic carbocycles. The van der Waals surface area contributed by atoms with Crippen LogP contribution in [-0.2, 0) is 14.8 Å². The molecule has 1 heterocycles. The van der Waals surface area contributed by atoms with Crippen LogP contribution >= 0.6 is 0 Å². The summed E-state index contributed by atoms with van der Waals surface area (Å²) in [6.45, 7) is 0.246. The largest absolute Gasteiger partial charge is 0.497 e. The van der Waals surface area contributed by atoms with Crippen LogP contribution in [-0.4, -0.2) is 38.3 Å². The van der Waals surface area contributed by atoms with E-state index in [2.05, 4.69) is 5.32 Å². The number of hydrogen-bond donors (Lipinski definition) is 1. The normalized spacial score (nSPS) is 17.8. The van der Waals surface area contributed by atoms with E-state index >= 15 is 0 Å². The Hall–Kier alpha value is -2.45. The Morgan fingerprint density at radius 2 is 1.96 bits per heavy atom. The van der Waals surface area contributed by atoms with Crippen LogP contribution in [0.25, 0.3) is 0 Å². The first kappa shape index (κ1) is 18.3. The number of hydrogen-bond acceptors (Lipinski definition) is 4. The van der Waals surface area contributed by atoms with E-state index in [1.54, 1.807) is 24.3 Å². The first-order valence-corrected chi connectivity index (χ1v) is 9.58. The second kappa shape index (κ2) is 7.43. The molecule has 1 aliphatic rings. The zero-order valence-corrected chi connectivity index (χ0v) is 15.0. The number of anilines is 1. The summed E-state index contributed by atoms with van der Waals surface area (Å²) in [5.74, 6) is -0.329. The van der Waals surface area contributed by atoms with Gasteiger partial charge in [0.2, 0.25) is 15.9 Å². The van der Waals surface area contributed by atoms with Gasteiger partial charge in [0.25, 0.3) is 0 Å². The molecule has 1 N–H and O–H groups in total. The molecule has 1 fully saturated rings. The lowest BCUT2D eigenvalue weighted by Crippen LogP contribution is -2.43. The summed E-state index contributed by atoms with van der Waals surface area (Å²) in [6.07, 6.45) is 1.01. The summed E-state index contributed by atoms with van der Waals surface area (Å²) in [7, 11) is -2.35. The second-order valence-electron chi connectivity index (χ2n) is 5.95. The molecule has 3 rings (SSSR count). The maximum absolute atomic E-state index is 13.1. The van der Waals surface area contributed by atoms with Gasteiger partial charge in [-0.15, -0.1) is 0 Å². The summed E-state index contributed by atoms with van der Waals surface area (Å²) < 4.78 is 45.0. The minimum absolute atomic E-state index is 0.0278. The van der Waals surface area contributed by atoms with Crippen LogP contribution in [0.5, 0.6) is 5.75 Å². The molecule has 0 radical (unpaired) electrons. The number of methoxy groups -OCH3 is 1. The van der Waals surface area contributed by atoms with Gasteiger partial charge in [-0.05, 0) is 49.2 Å². The van der Waals surface area contributed by atoms with Crippen molar-refractivity contribution in [2.75, 3.05) is 19.0 Å². The molecule has 2 aromatic rings. The van der Waals surface area contributed by atoms with Crippen LogP contribution < -0.4 is 10.1 Å². The second-order valence-corrected chi connectivity index (χ2v) is 7.84. The van der Waals surface area contributed by atoms with Crippen molar-refractivity contribution in [1.29, 1.82) is 0 Å². The van der Waals surface area contributed by atoms with Gasteiger partial charge in [0.1, 0.15) is 17.6 Å². The number of nitrogens with one attached hydrogen (secondary N) is 1. The van der Waals surface area contributed by atoms with Gasteiger partial charge in [-0.1, -0.05) is 6.07 Å². The van der Waals surface area contributed by atoms with Crippen LogP contribution in [0.2, 0.25) is 0 Å². The van der Waals surface area contributed by atoms with E-state index in [4.69, 9.17) is 4.74 Å². The van der Waals surface area contributed by atoms with Gasteiger partial charge in [-0.2, -0.15) is 4.31 Å². The Bertz CT molecular complexity index is 900. The lowest BCUT2D eigenvalue weighted by atomic mass is 10.2. The van der Waals surface area contributed by atoms with Gasteiger partial charge in [0.15, 0.2) is 0 Å². The summed E-state index contributed by atoms with van der Waals surface area (Å²) in [6, 6.07) is 10.6. The van der Waals surface area contributed by atoms with Gasteiger partial charge in [-0.25, -0.2) is 12.8 Å². The predicted molar refractivity (Wildman–Crippen MR) is 94.9 cm³/mol. The molecule has 138 valence electrons. The van der Waals surface area contributed by atoms with E-state index in [0.29, 0.717) is 24.3 Å². The van der Waals surface area contributed by atoms with Crippen molar-refractivity contribution in [1.82, 2.24) is 4.31 Å². The van der Waals surface area contributed by atoms with Crippen molar-refractivity contribution in [3.63, 3.8) is 0 Å². The maximum atomic E-state index is 13.1. The zero-order valence-electron chi connectivity index (χ0n) is 14.2. The molecular formula is C18H19FN2O4S. The summed E-state index contributed by atoms with van der Waals surface area (Å²) in [5.41, 5.74) is 0.528. The molecule has 26 heavy (non-hydrogen) atoms. The first-order chi connectivity index (χ1) is 12.4. The van der Waals surface area contributed by atoms with Crippen molar-refractivity contribution in [3.05, 3.63) is 54.3 Å². The molecule has 1 aliphatic heterocycles. The van der Waals surface area contributed by atoms with E-state index in [0.717, 1.165) is 12.1 Å². The molecular weight excluding hydrogens is 359 g/mol. The van der Waals surface area contributed by atoms with Crippen LogP contribution in [0, 0.1) is 5.82 Å². The predicted octanol–water partition coefficient (Wildman–Crippen LogP) is 2.63. The minimum Gasteiger partial charge on any atom is -0.497 e. The topological polar surface area (TPSA) is 75.7 Å². The lowest BCUT2D eigenvalue weighted by molar-refractivity contribution is -0.119. The molecule has 0 aromatic heterocycles. The number of carbonyl (C=O) groups excluding carboxylic acids is 1. The summed E-state index contributed by atoms with van der Waals surface area (Å²) in [4.78, 5) is 12.6. The standard InChI is InChI=1S/C18H19FN2O4S/c1-25-15-5-2-4-14(12-15)20-18(22)17-6-3-11-21(17)26(23,24)16-9-7-13(19)8-10-16/h2,4-5,7-10,12,17H,3,6,11H2,1H3,(H,20,22)/t17-/m1/s1. The zero-order chi connectivity index (χ0) is 18.7. The van der Waals surface area contributed by atoms with E-state index < -0.39 is 27.8 Å². The number of carbonyl (C=O) groups is 1. The number of nitrogens with zero attached hydrogens (tertiary/aromatic N) is 1. The van der Waals surface area contributed by atoms with Gasteiger partial charge in [0.05, 0.1) is 12.0 Å². The number of ether oxygens (including phenoxy) is 1. The Morgan fingerprint density at radius 1 is 1.23 bits per heavy atom. The van der Waals surface area contributed by atoms with Crippen LogP contribution in [0.15, 0.2) is 53.4 Å². The number of amides is 1. The van der Waals surface area contributed by atoms with Crippen LogP contribution in [0.4, 0.5) is 10.1 Å². The average molecular weight is 378 g/mol. The monoisotopic (exact) mass is 378 g/mol. The number of benzene rings is 2. The van der Waals surface area contributed by atoms with E-state index in [1.165, 1.54) is 23.5 Å². The first-order valence-electron chi connectivity index (χ1n) is 8.14. The Balaban J connectivity index is 1.80. The number of rotatable bonds is 5. The third-order valence-electron chi connectivity index (χ3n) is 4.26. The number of sulfonamides is 1. The summed E-state index contributed by atoms with van der Waals surface area (Å²) >= 11 is 0. The Morgan fingerprint density at radius 3 is 2.65 bits per heavy atom. The molecule has 0 bridgehead atoms. The SMILES string of the molecule is COc1cccc(NC(=O)[C@H]2CCCN2S(=O)(=O)c2ccc(F)cc2)c1. The summed E-state index contributed by atoms with van der Waals surface area (Å²) in [5, 5.41) is 2.74. The highest BCUT2D eigenvalue weighted by Crippen LogP contribution is 2.27. The van der Waals surface area contributed by atoms with E-state index in [9.17, 15) is 17.6 Å². The minimum atomic E-state index is -3.87. The Labute approximate surface area is 151 Å². The number of halogens is 1. The van der Waals surface area contributed by atoms with Crippen molar-refractivity contribution < 1.29 is 22.3 Å². The lowest BCUT2D eigenvalue weighted by Gasteiger charge is -2.23. The third-order valence-corrected chi connectivity index (χ3v) is 6.19. The molecule has 0 saturated carbocycles. The third kappa shape index (κ3) is 3.71. The van der Waals surface area contributed by atoms with Gasteiger partial charge in [-0.3, -0.25) is 4.79 Å². The highest BCUT2D eigenvalue weighted by atomic mass is 32.2. The quantitative estimate of drug-likeness (QED) is 0.868. The average Bonchev–Trinajstić information content (AvgIpc) is 3.13. The van der Waals surface area contributed by atoms with Crippen molar-refractivity contribution in [2.45, 2.75) is 23.8 Å². The van der Waals surface area contributed by atoms with Gasteiger partial charge >= 0.3 is 0 Å². The Kier molecular flexibility index (Phi) is 5.24. The maximum Gasteiger partial charge on any atom is 0.243 e. The molecule has 1 saturated heterocycles. The fraction of sp³-hybridized carbons (Fsp3) is 0.278. The fourth-order valence-corrected chi connectivity index (χ4v) is 4.61. The van der Waals surface area contributed by atoms with Crippen LogP contribution in [0.1, 0.15) is 12.8 Å². The molecule has 0 unspecified atom stereocenters. The molecule has 1 atom stereocenters. The molecule has 1 amide bonds. The van der Waals surface area contributed by atoms with Gasteiger partial charge < -0.3 is 10.1 Å². The highest BCUT2D eigenvalue weighted by Gasteiger charge is 2.39. The van der Waals surface area contributed by atoms with Crippen molar-refractivity contribution >= 4 is 21.6 Å². The molecule has 8 heteroatoms. The van der Waals surface area contributed by atoms with Crippen LogP contribution in [0.3, 0.4) is 0 Å². The van der Waals surface area contributed by atoms with E-state index in [-0.39, 0.29) is 11.4 Å². The van der Waals surface area contributed by atoms with E-state index in [1.807, 2.05) is 0 Å². The highest BCUT2D eigenvalue weighted by molar-refractivity contribution is 7.89. The van der Waals surface area contributed by atoms with Crippen molar-refractivity contribution in [3.8, 4) is 5.75 Å². The smallest absolute Gasteiger partial charge is 0.243 e. The van der Waals surface area contributed by atoms with Crippen molar-refractivity contribution in [2.24, 2.45) is 0 Å². The van der Waals surface area contributed by atoms with Gasteiger partial charge in [0, 0.05) is 18.3 Å². The fourth-order valence-electron chi connectivity index (χ4n) is 2.96. The molecule has 0 spiro atoms. The molecule has 6 nitrogen and oxygen atoms in total.